The van der Waals surface area contributed by atoms with E-state index in [9.17, 15) is 26.4 Å². The van der Waals surface area contributed by atoms with Gasteiger partial charge in [0.1, 0.15) is 0 Å². The highest BCUT2D eigenvalue weighted by atomic mass is 32.2. The number of hydrogen-bond acceptors (Lipinski definition) is 4. The number of benzene rings is 1. The Morgan fingerprint density at radius 3 is 2.15 bits per heavy atom. The second-order valence-corrected chi connectivity index (χ2v) is 12.8. The lowest BCUT2D eigenvalue weighted by molar-refractivity contribution is -0.146. The van der Waals surface area contributed by atoms with Crippen LogP contribution in [0, 0.1) is 23.2 Å². The standard InChI is InChI=1S/C24H32F3N3O3S/c25-24(26,27)20-2-1-3-21(13-20)29-5-7-30(8-6-29)34(32,33)9-4-28-22(31)23-14-17-10-18(15-23)12-19(11-17)16-23/h1-3,13,17-19H,4-12,14-16H2,(H,28,31). The molecule has 4 aliphatic carbocycles. The third-order valence-electron chi connectivity index (χ3n) is 8.34. The van der Waals surface area contributed by atoms with Crippen LogP contribution in [-0.4, -0.2) is 57.1 Å². The van der Waals surface area contributed by atoms with Crippen molar-refractivity contribution in [3.8, 4) is 0 Å². The van der Waals surface area contributed by atoms with Crippen molar-refractivity contribution in [2.75, 3.05) is 43.4 Å². The van der Waals surface area contributed by atoms with E-state index in [0.29, 0.717) is 36.5 Å². The average Bonchev–Trinajstić information content (AvgIpc) is 2.78. The number of amides is 1. The van der Waals surface area contributed by atoms with E-state index in [2.05, 4.69) is 5.32 Å². The Morgan fingerprint density at radius 2 is 1.59 bits per heavy atom. The quantitative estimate of drug-likeness (QED) is 0.651. The molecule has 0 radical (unpaired) electrons. The molecular formula is C24H32F3N3O3S. The number of carbonyl (C=O) groups is 1. The van der Waals surface area contributed by atoms with Crippen LogP contribution in [0.3, 0.4) is 0 Å². The van der Waals surface area contributed by atoms with Gasteiger partial charge in [-0.05, 0) is 74.5 Å². The van der Waals surface area contributed by atoms with E-state index < -0.39 is 21.8 Å². The Hall–Kier alpha value is -1.81. The molecule has 0 spiro atoms. The Balaban J connectivity index is 1.12. The molecule has 1 aromatic rings. The van der Waals surface area contributed by atoms with Gasteiger partial charge in [0.15, 0.2) is 0 Å². The summed E-state index contributed by atoms with van der Waals surface area (Å²) in [5, 5.41) is 2.93. The molecule has 0 atom stereocenters. The molecule has 1 aromatic carbocycles. The number of nitrogens with zero attached hydrogens (tertiary/aromatic N) is 2. The van der Waals surface area contributed by atoms with Crippen molar-refractivity contribution in [2.45, 2.75) is 44.7 Å². The van der Waals surface area contributed by atoms with Gasteiger partial charge in [-0.3, -0.25) is 4.79 Å². The van der Waals surface area contributed by atoms with Gasteiger partial charge in [-0.15, -0.1) is 0 Å². The largest absolute Gasteiger partial charge is 0.416 e. The molecule has 4 bridgehead atoms. The lowest BCUT2D eigenvalue weighted by atomic mass is 9.49. The maximum Gasteiger partial charge on any atom is 0.416 e. The van der Waals surface area contributed by atoms with Gasteiger partial charge in [0.25, 0.3) is 0 Å². The molecule has 1 amide bonds. The molecule has 0 aromatic heterocycles. The summed E-state index contributed by atoms with van der Waals surface area (Å²) < 4.78 is 66.1. The topological polar surface area (TPSA) is 69.7 Å². The second-order valence-electron chi connectivity index (χ2n) is 10.7. The normalized spacial score (nSPS) is 31.6. The number of sulfonamides is 1. The molecule has 1 aliphatic heterocycles. The fourth-order valence-electron chi connectivity index (χ4n) is 7.10. The van der Waals surface area contributed by atoms with Crippen molar-refractivity contribution in [3.63, 3.8) is 0 Å². The second kappa shape index (κ2) is 8.69. The first kappa shape index (κ1) is 23.9. The number of halogens is 3. The zero-order chi connectivity index (χ0) is 24.1. The minimum atomic E-state index is -4.41. The molecule has 10 heteroatoms. The maximum absolute atomic E-state index is 13.1. The highest BCUT2D eigenvalue weighted by Crippen LogP contribution is 2.60. The minimum Gasteiger partial charge on any atom is -0.369 e. The summed E-state index contributed by atoms with van der Waals surface area (Å²) in [6.45, 7) is 1.15. The van der Waals surface area contributed by atoms with Gasteiger partial charge >= 0.3 is 6.18 Å². The maximum atomic E-state index is 13.1. The number of nitrogens with one attached hydrogen (secondary N) is 1. The molecule has 188 valence electrons. The van der Waals surface area contributed by atoms with Crippen LogP contribution in [0.2, 0.25) is 0 Å². The van der Waals surface area contributed by atoms with Crippen LogP contribution in [0.15, 0.2) is 24.3 Å². The SMILES string of the molecule is O=C(NCCS(=O)(=O)N1CCN(c2cccc(C(F)(F)F)c2)CC1)C12CC3CC(CC(C3)C1)C2. The lowest BCUT2D eigenvalue weighted by Crippen LogP contribution is -2.54. The molecule has 4 saturated carbocycles. The predicted molar refractivity (Wildman–Crippen MR) is 123 cm³/mol. The van der Waals surface area contributed by atoms with Gasteiger partial charge in [0.2, 0.25) is 15.9 Å². The number of hydrogen-bond donors (Lipinski definition) is 1. The van der Waals surface area contributed by atoms with Crippen LogP contribution in [-0.2, 0) is 21.0 Å². The molecule has 6 nitrogen and oxygen atoms in total. The summed E-state index contributed by atoms with van der Waals surface area (Å²) >= 11 is 0. The summed E-state index contributed by atoms with van der Waals surface area (Å²) in [4.78, 5) is 14.8. The van der Waals surface area contributed by atoms with Crippen LogP contribution in [0.4, 0.5) is 18.9 Å². The van der Waals surface area contributed by atoms with Gasteiger partial charge in [0, 0.05) is 43.8 Å². The molecule has 5 fully saturated rings. The van der Waals surface area contributed by atoms with Crippen molar-refractivity contribution in [2.24, 2.45) is 23.2 Å². The van der Waals surface area contributed by atoms with Crippen molar-refractivity contribution in [1.29, 1.82) is 0 Å². The van der Waals surface area contributed by atoms with E-state index >= 15 is 0 Å². The van der Waals surface area contributed by atoms with Crippen molar-refractivity contribution >= 4 is 21.6 Å². The van der Waals surface area contributed by atoms with Crippen LogP contribution >= 0.6 is 0 Å². The van der Waals surface area contributed by atoms with E-state index in [1.165, 1.54) is 29.6 Å². The first-order valence-electron chi connectivity index (χ1n) is 12.2. The Morgan fingerprint density at radius 1 is 1.00 bits per heavy atom. The van der Waals surface area contributed by atoms with Crippen molar-refractivity contribution in [3.05, 3.63) is 29.8 Å². The number of rotatable bonds is 6. The molecule has 1 N–H and O–H groups in total. The summed E-state index contributed by atoms with van der Waals surface area (Å²) in [6, 6.07) is 5.11. The van der Waals surface area contributed by atoms with Crippen LogP contribution in [0.1, 0.15) is 44.1 Å². The van der Waals surface area contributed by atoms with Crippen LogP contribution < -0.4 is 10.2 Å². The molecule has 0 unspecified atom stereocenters. The van der Waals surface area contributed by atoms with Crippen LogP contribution in [0.25, 0.3) is 0 Å². The monoisotopic (exact) mass is 499 g/mol. The minimum absolute atomic E-state index is 0.0242. The summed E-state index contributed by atoms with van der Waals surface area (Å²) in [7, 11) is -3.56. The number of piperazine rings is 1. The van der Waals surface area contributed by atoms with E-state index in [0.717, 1.165) is 31.4 Å². The van der Waals surface area contributed by atoms with Gasteiger partial charge in [-0.1, -0.05) is 6.07 Å². The summed E-state index contributed by atoms with van der Waals surface area (Å²) in [5.41, 5.74) is -0.570. The molecule has 34 heavy (non-hydrogen) atoms. The Bertz CT molecular complexity index is 1000. The first-order valence-corrected chi connectivity index (χ1v) is 13.8. The predicted octanol–water partition coefficient (Wildman–Crippen LogP) is 3.49. The molecule has 6 rings (SSSR count). The van der Waals surface area contributed by atoms with Gasteiger partial charge in [-0.2, -0.15) is 17.5 Å². The van der Waals surface area contributed by atoms with E-state index in [4.69, 9.17) is 0 Å². The highest BCUT2D eigenvalue weighted by molar-refractivity contribution is 7.89. The first-order chi connectivity index (χ1) is 16.0. The number of anilines is 1. The molecule has 1 saturated heterocycles. The Kier molecular flexibility index (Phi) is 6.11. The lowest BCUT2D eigenvalue weighted by Gasteiger charge is -2.55. The van der Waals surface area contributed by atoms with Gasteiger partial charge in [0.05, 0.1) is 11.3 Å². The summed E-state index contributed by atoms with van der Waals surface area (Å²) in [6.07, 6.45) is 2.13. The molecular weight excluding hydrogens is 467 g/mol. The third kappa shape index (κ3) is 4.67. The average molecular weight is 500 g/mol. The zero-order valence-corrected chi connectivity index (χ0v) is 20.0. The number of alkyl halides is 3. The van der Waals surface area contributed by atoms with Gasteiger partial charge < -0.3 is 10.2 Å². The Labute approximate surface area is 198 Å². The van der Waals surface area contributed by atoms with Crippen molar-refractivity contribution < 1.29 is 26.4 Å². The fraction of sp³-hybridized carbons (Fsp3) is 0.708. The van der Waals surface area contributed by atoms with E-state index in [-0.39, 0.29) is 36.7 Å². The van der Waals surface area contributed by atoms with Gasteiger partial charge in [-0.25, -0.2) is 8.42 Å². The van der Waals surface area contributed by atoms with Crippen molar-refractivity contribution in [1.82, 2.24) is 9.62 Å². The smallest absolute Gasteiger partial charge is 0.369 e. The number of carbonyl (C=O) groups excluding carboxylic acids is 1. The fourth-order valence-corrected chi connectivity index (χ4v) is 8.44. The van der Waals surface area contributed by atoms with E-state index in [1.807, 2.05) is 0 Å². The highest BCUT2D eigenvalue weighted by Gasteiger charge is 2.54. The molecule has 5 aliphatic rings. The van der Waals surface area contributed by atoms with Crippen LogP contribution in [0.5, 0.6) is 0 Å². The summed E-state index contributed by atoms with van der Waals surface area (Å²) in [5.74, 6) is 1.81. The molecule has 1 heterocycles. The van der Waals surface area contributed by atoms with E-state index in [1.54, 1.807) is 11.0 Å². The zero-order valence-electron chi connectivity index (χ0n) is 19.2. The third-order valence-corrected chi connectivity index (χ3v) is 10.2.